The van der Waals surface area contributed by atoms with Crippen molar-refractivity contribution < 1.29 is 47.4 Å². The fourth-order valence-corrected chi connectivity index (χ4v) is 5.13. The van der Waals surface area contributed by atoms with Gasteiger partial charge in [-0.1, -0.05) is 0 Å². The molecule has 0 spiro atoms. The molecule has 5 fully saturated rings. The minimum atomic E-state index is -0.866. The van der Waals surface area contributed by atoms with Crippen LogP contribution in [0.2, 0.25) is 0 Å². The zero-order valence-electron chi connectivity index (χ0n) is 19.5. The lowest BCUT2D eigenvalue weighted by atomic mass is 10.0. The summed E-state index contributed by atoms with van der Waals surface area (Å²) in [5.41, 5.74) is 0. The number of hydroxylamine groups is 1. The third-order valence-corrected chi connectivity index (χ3v) is 6.34. The molecule has 0 amide bonds. The predicted molar refractivity (Wildman–Crippen MR) is 107 cm³/mol. The third kappa shape index (κ3) is 3.97. The highest BCUT2D eigenvalue weighted by molar-refractivity contribution is 5.60. The number of rotatable bonds is 4. The maximum Gasteiger partial charge on any atom is 0.222 e. The number of ether oxygens (including phenoxy) is 9. The molecule has 5 aliphatic rings. The Balaban J connectivity index is 1.39. The average molecular weight is 459 g/mol. The van der Waals surface area contributed by atoms with E-state index in [2.05, 4.69) is 0 Å². The molecular formula is C21H33NO10. The molecule has 5 heterocycles. The largest absolute Gasteiger partial charge is 0.624 e. The molecule has 0 aromatic carbocycles. The van der Waals surface area contributed by atoms with Crippen molar-refractivity contribution >= 4 is 6.21 Å². The molecule has 0 radical (unpaired) electrons. The van der Waals surface area contributed by atoms with Gasteiger partial charge in [-0.05, 0) is 41.5 Å². The summed E-state index contributed by atoms with van der Waals surface area (Å²) in [6.07, 6.45) is -3.16. The summed E-state index contributed by atoms with van der Waals surface area (Å²) in [4.78, 5) is 0. The van der Waals surface area contributed by atoms with Crippen LogP contribution in [0.4, 0.5) is 0 Å². The molecule has 11 nitrogen and oxygen atoms in total. The van der Waals surface area contributed by atoms with Gasteiger partial charge in [0.25, 0.3) is 0 Å². The van der Waals surface area contributed by atoms with Gasteiger partial charge in [-0.25, -0.2) is 4.74 Å². The number of hydrogen-bond acceptors (Lipinski definition) is 10. The van der Waals surface area contributed by atoms with Crippen LogP contribution < -0.4 is 0 Å². The van der Waals surface area contributed by atoms with E-state index in [-0.39, 0.29) is 0 Å². The number of methoxy groups -OCH3 is 1. The van der Waals surface area contributed by atoms with Gasteiger partial charge >= 0.3 is 0 Å². The minimum Gasteiger partial charge on any atom is -0.624 e. The Hall–Kier alpha value is -0.890. The molecule has 182 valence electrons. The van der Waals surface area contributed by atoms with Crippen LogP contribution in [-0.2, 0) is 42.6 Å². The SMILES string of the molecule is CO[C@@H]1[C@H]2OC(C)(C)O[C@@H]2O[C@@H]1C=[N+]([O-])[C@@H]1[C@H]2OC(C)(C)O[C@@H]2O[C@@H]1[C@@H]1COC(C)(C)O1. The second kappa shape index (κ2) is 7.56. The molecule has 5 aliphatic heterocycles. The number of hydrogen-bond donors (Lipinski definition) is 0. The molecule has 0 aromatic heterocycles. The molecule has 5 rings (SSSR count). The van der Waals surface area contributed by atoms with E-state index in [9.17, 15) is 5.21 Å². The van der Waals surface area contributed by atoms with E-state index in [0.717, 1.165) is 4.74 Å². The lowest BCUT2D eigenvalue weighted by Gasteiger charge is -2.28. The summed E-state index contributed by atoms with van der Waals surface area (Å²) in [6, 6.07) is -0.732. The fourth-order valence-electron chi connectivity index (χ4n) is 5.13. The second-order valence-electron chi connectivity index (χ2n) is 10.2. The van der Waals surface area contributed by atoms with E-state index in [4.69, 9.17) is 42.6 Å². The van der Waals surface area contributed by atoms with E-state index >= 15 is 0 Å². The highest BCUT2D eigenvalue weighted by atomic mass is 16.9. The Morgan fingerprint density at radius 2 is 1.44 bits per heavy atom. The summed E-state index contributed by atoms with van der Waals surface area (Å²) >= 11 is 0. The van der Waals surface area contributed by atoms with E-state index in [1.165, 1.54) is 6.21 Å². The molecule has 0 N–H and O–H groups in total. The Kier molecular flexibility index (Phi) is 5.40. The summed E-state index contributed by atoms with van der Waals surface area (Å²) in [5.74, 6) is -2.41. The van der Waals surface area contributed by atoms with Crippen LogP contribution in [-0.4, -0.2) is 97.3 Å². The zero-order chi connectivity index (χ0) is 23.1. The highest BCUT2D eigenvalue weighted by Gasteiger charge is 2.63. The van der Waals surface area contributed by atoms with E-state index in [1.54, 1.807) is 21.0 Å². The maximum atomic E-state index is 13.5. The monoisotopic (exact) mass is 459 g/mol. The van der Waals surface area contributed by atoms with Gasteiger partial charge in [0.2, 0.25) is 6.04 Å². The smallest absolute Gasteiger partial charge is 0.222 e. The summed E-state index contributed by atoms with van der Waals surface area (Å²) in [6.45, 7) is 11.1. The molecule has 5 saturated heterocycles. The van der Waals surface area contributed by atoms with Crippen LogP contribution in [0.5, 0.6) is 0 Å². The quantitative estimate of drug-likeness (QED) is 0.260. The number of fused-ring (bicyclic) bond motifs is 2. The van der Waals surface area contributed by atoms with Gasteiger partial charge in [0.1, 0.15) is 18.3 Å². The van der Waals surface area contributed by atoms with Gasteiger partial charge in [0.05, 0.1) is 6.61 Å². The van der Waals surface area contributed by atoms with E-state index < -0.39 is 72.6 Å². The molecule has 0 aromatic rings. The van der Waals surface area contributed by atoms with E-state index in [0.29, 0.717) is 6.61 Å². The molecule has 0 bridgehead atoms. The summed E-state index contributed by atoms with van der Waals surface area (Å²) in [5, 5.41) is 13.5. The number of nitrogens with zero attached hydrogens (tertiary/aromatic N) is 1. The van der Waals surface area contributed by atoms with Crippen molar-refractivity contribution in [2.24, 2.45) is 0 Å². The minimum absolute atomic E-state index is 0.298. The Labute approximate surface area is 187 Å². The molecule has 0 unspecified atom stereocenters. The van der Waals surface area contributed by atoms with Crippen molar-refractivity contribution in [3.05, 3.63) is 5.21 Å². The topological polar surface area (TPSA) is 109 Å². The van der Waals surface area contributed by atoms with Crippen LogP contribution in [0, 0.1) is 5.21 Å². The lowest BCUT2D eigenvalue weighted by Crippen LogP contribution is -2.49. The normalized spacial score (nSPS) is 48.8. The van der Waals surface area contributed by atoms with Crippen LogP contribution in [0.15, 0.2) is 0 Å². The van der Waals surface area contributed by atoms with Crippen molar-refractivity contribution in [3.63, 3.8) is 0 Å². The first-order valence-corrected chi connectivity index (χ1v) is 11.1. The van der Waals surface area contributed by atoms with E-state index in [1.807, 2.05) is 27.7 Å². The van der Waals surface area contributed by atoms with Crippen molar-refractivity contribution in [1.29, 1.82) is 0 Å². The predicted octanol–water partition coefficient (Wildman–Crippen LogP) is 0.855. The average Bonchev–Trinajstić information content (AvgIpc) is 3.39. The van der Waals surface area contributed by atoms with Crippen molar-refractivity contribution in [2.75, 3.05) is 13.7 Å². The molecular weight excluding hydrogens is 426 g/mol. The fraction of sp³-hybridized carbons (Fsp3) is 0.952. The van der Waals surface area contributed by atoms with Crippen molar-refractivity contribution in [2.45, 2.75) is 114 Å². The van der Waals surface area contributed by atoms with Crippen LogP contribution in [0.25, 0.3) is 0 Å². The van der Waals surface area contributed by atoms with Gasteiger partial charge in [0, 0.05) is 7.11 Å². The molecule has 11 heteroatoms. The Morgan fingerprint density at radius 3 is 2.03 bits per heavy atom. The molecule has 9 atom stereocenters. The van der Waals surface area contributed by atoms with Gasteiger partial charge in [-0.3, -0.25) is 0 Å². The summed E-state index contributed by atoms with van der Waals surface area (Å²) in [7, 11) is 1.56. The Bertz CT molecular complexity index is 770. The maximum absolute atomic E-state index is 13.5. The first-order chi connectivity index (χ1) is 14.9. The molecule has 0 aliphatic carbocycles. The molecule has 32 heavy (non-hydrogen) atoms. The molecule has 0 saturated carbocycles. The van der Waals surface area contributed by atoms with Crippen LogP contribution in [0.3, 0.4) is 0 Å². The highest BCUT2D eigenvalue weighted by Crippen LogP contribution is 2.42. The van der Waals surface area contributed by atoms with Crippen LogP contribution in [0.1, 0.15) is 41.5 Å². The third-order valence-electron chi connectivity index (χ3n) is 6.34. The van der Waals surface area contributed by atoms with Crippen LogP contribution >= 0.6 is 0 Å². The first kappa shape index (κ1) is 22.9. The van der Waals surface area contributed by atoms with Gasteiger partial charge in [-0.2, -0.15) is 0 Å². The lowest BCUT2D eigenvalue weighted by molar-refractivity contribution is -0.520. The van der Waals surface area contributed by atoms with Gasteiger partial charge in [0.15, 0.2) is 54.5 Å². The van der Waals surface area contributed by atoms with Gasteiger partial charge < -0.3 is 47.8 Å². The standard InChI is InChI=1S/C21H33NO10/c1-19(2)25-9-11(28-19)13-12(15-17(27-13)31-20(3,4)29-15)22(23)8-10-14(24-7)16-18(26-10)32-21(5,6)30-16/h8,10-18H,9H2,1-7H3/t10-,11+,12+,13-,14+,15-,16-,17+,18+/m1/s1. The van der Waals surface area contributed by atoms with Gasteiger partial charge in [-0.15, -0.1) is 0 Å². The van der Waals surface area contributed by atoms with Crippen molar-refractivity contribution in [3.8, 4) is 0 Å². The first-order valence-electron chi connectivity index (χ1n) is 11.1. The second-order valence-corrected chi connectivity index (χ2v) is 10.2. The van der Waals surface area contributed by atoms with Crippen molar-refractivity contribution in [1.82, 2.24) is 0 Å². The summed E-state index contributed by atoms with van der Waals surface area (Å²) < 4.78 is 53.8. The Morgan fingerprint density at radius 1 is 0.812 bits per heavy atom. The zero-order valence-corrected chi connectivity index (χ0v) is 19.5.